The van der Waals surface area contributed by atoms with Crippen LogP contribution in [0.4, 0.5) is 5.69 Å². The molecule has 3 aromatic rings. The van der Waals surface area contributed by atoms with Gasteiger partial charge in [-0.3, -0.25) is 14.2 Å². The predicted molar refractivity (Wildman–Crippen MR) is 98.0 cm³/mol. The largest absolute Gasteiger partial charge is 0.476 e. The maximum atomic E-state index is 12.3. The number of halogens is 1. The highest BCUT2D eigenvalue weighted by Gasteiger charge is 2.18. The molecule has 134 valence electrons. The molecule has 2 N–H and O–H groups in total. The van der Waals surface area contributed by atoms with E-state index in [1.165, 1.54) is 16.9 Å². The molecule has 0 bridgehead atoms. The lowest BCUT2D eigenvalue weighted by molar-refractivity contribution is -0.119. The predicted octanol–water partition coefficient (Wildman–Crippen LogP) is 2.79. The van der Waals surface area contributed by atoms with Crippen molar-refractivity contribution >= 4 is 33.5 Å². The molecule has 0 aliphatic carbocycles. The van der Waals surface area contributed by atoms with Gasteiger partial charge in [-0.25, -0.2) is 4.79 Å². The van der Waals surface area contributed by atoms with Crippen molar-refractivity contribution in [1.29, 1.82) is 0 Å². The molecule has 0 saturated carbocycles. The number of benzene rings is 1. The fourth-order valence-corrected chi connectivity index (χ4v) is 2.59. The number of carbonyl (C=O) groups is 2. The van der Waals surface area contributed by atoms with Gasteiger partial charge in [0.1, 0.15) is 6.04 Å². The van der Waals surface area contributed by atoms with Gasteiger partial charge < -0.3 is 10.4 Å². The third kappa shape index (κ3) is 4.17. The molecule has 0 spiro atoms. The average Bonchev–Trinajstić information content (AvgIpc) is 3.26. The van der Waals surface area contributed by atoms with E-state index < -0.39 is 12.0 Å². The van der Waals surface area contributed by atoms with E-state index in [4.69, 9.17) is 5.11 Å². The minimum atomic E-state index is -1.13. The number of nitrogens with zero attached hydrogens (tertiary/aromatic N) is 4. The summed E-state index contributed by atoms with van der Waals surface area (Å²) in [5, 5.41) is 19.8. The van der Waals surface area contributed by atoms with E-state index >= 15 is 0 Å². The van der Waals surface area contributed by atoms with E-state index in [9.17, 15) is 9.59 Å². The van der Waals surface area contributed by atoms with Crippen molar-refractivity contribution in [2.24, 2.45) is 0 Å². The molecular formula is C17H16BrN5O3. The van der Waals surface area contributed by atoms with Crippen molar-refractivity contribution in [3.63, 3.8) is 0 Å². The molecular weight excluding hydrogens is 402 g/mol. The molecule has 0 aliphatic heterocycles. The lowest BCUT2D eigenvalue weighted by Gasteiger charge is -2.11. The number of aromatic nitrogens is 4. The summed E-state index contributed by atoms with van der Waals surface area (Å²) in [4.78, 5) is 23.2. The fraction of sp³-hybridized carbons (Fsp3) is 0.176. The summed E-state index contributed by atoms with van der Waals surface area (Å²) in [5.41, 5.74) is 1.54. The molecule has 3 rings (SSSR count). The van der Waals surface area contributed by atoms with Crippen LogP contribution in [0, 0.1) is 0 Å². The summed E-state index contributed by atoms with van der Waals surface area (Å²) < 4.78 is 4.04. The fourth-order valence-electron chi connectivity index (χ4n) is 2.33. The van der Waals surface area contributed by atoms with Crippen LogP contribution in [0.15, 0.2) is 53.4 Å². The van der Waals surface area contributed by atoms with Crippen LogP contribution in [0.2, 0.25) is 0 Å². The van der Waals surface area contributed by atoms with Crippen LogP contribution in [0.5, 0.6) is 0 Å². The first kappa shape index (κ1) is 17.9. The Hall–Kier alpha value is -2.94. The van der Waals surface area contributed by atoms with Crippen LogP contribution >= 0.6 is 15.9 Å². The lowest BCUT2D eigenvalue weighted by Crippen LogP contribution is -2.24. The van der Waals surface area contributed by atoms with E-state index in [2.05, 4.69) is 31.4 Å². The van der Waals surface area contributed by atoms with Gasteiger partial charge in [0.05, 0.1) is 18.4 Å². The first-order valence-corrected chi connectivity index (χ1v) is 8.58. The van der Waals surface area contributed by atoms with Crippen LogP contribution in [-0.4, -0.2) is 36.5 Å². The standard InChI is InChI=1S/C17H16BrN5O3/c1-11(23-7-6-15(21-23)17(25)26)16(24)20-14-8-19-22(10-14)9-12-2-4-13(18)5-3-12/h2-8,10-11H,9H2,1H3,(H,20,24)(H,25,26). The molecule has 2 aromatic heterocycles. The van der Waals surface area contributed by atoms with Gasteiger partial charge in [-0.1, -0.05) is 28.1 Å². The molecule has 1 amide bonds. The van der Waals surface area contributed by atoms with Crippen LogP contribution in [-0.2, 0) is 11.3 Å². The first-order valence-electron chi connectivity index (χ1n) is 7.78. The molecule has 1 aromatic carbocycles. The highest BCUT2D eigenvalue weighted by atomic mass is 79.9. The molecule has 8 nitrogen and oxygen atoms in total. The number of carboxylic acid groups (broad SMARTS) is 1. The van der Waals surface area contributed by atoms with Crippen molar-refractivity contribution in [2.45, 2.75) is 19.5 Å². The summed E-state index contributed by atoms with van der Waals surface area (Å²) in [7, 11) is 0. The lowest BCUT2D eigenvalue weighted by atomic mass is 10.2. The summed E-state index contributed by atoms with van der Waals surface area (Å²) in [6, 6.07) is 8.59. The topological polar surface area (TPSA) is 102 Å². The zero-order valence-electron chi connectivity index (χ0n) is 13.8. The second kappa shape index (κ2) is 7.52. The quantitative estimate of drug-likeness (QED) is 0.641. The summed E-state index contributed by atoms with van der Waals surface area (Å²) in [6.45, 7) is 2.22. The molecule has 9 heteroatoms. The summed E-state index contributed by atoms with van der Waals surface area (Å²) >= 11 is 3.39. The SMILES string of the molecule is CC(C(=O)Nc1cnn(Cc2ccc(Br)cc2)c1)n1ccc(C(=O)O)n1. The number of nitrogens with one attached hydrogen (secondary N) is 1. The molecule has 2 heterocycles. The number of rotatable bonds is 6. The summed E-state index contributed by atoms with van der Waals surface area (Å²) in [6.07, 6.45) is 4.76. The zero-order chi connectivity index (χ0) is 18.7. The zero-order valence-corrected chi connectivity index (χ0v) is 15.4. The number of hydrogen-bond donors (Lipinski definition) is 2. The Morgan fingerprint density at radius 2 is 2.00 bits per heavy atom. The maximum absolute atomic E-state index is 12.3. The Morgan fingerprint density at radius 1 is 1.27 bits per heavy atom. The Balaban J connectivity index is 1.63. The second-order valence-corrected chi connectivity index (χ2v) is 6.62. The minimum absolute atomic E-state index is 0.105. The summed E-state index contributed by atoms with van der Waals surface area (Å²) in [5.74, 6) is -1.45. The third-order valence-corrected chi connectivity index (χ3v) is 4.29. The van der Waals surface area contributed by atoms with Gasteiger partial charge in [-0.2, -0.15) is 10.2 Å². The monoisotopic (exact) mass is 417 g/mol. The highest BCUT2D eigenvalue weighted by Crippen LogP contribution is 2.14. The Bertz CT molecular complexity index is 932. The van der Waals surface area contributed by atoms with Gasteiger partial charge in [-0.15, -0.1) is 0 Å². The number of carboxylic acids is 1. The van der Waals surface area contributed by atoms with Gasteiger partial charge in [0.15, 0.2) is 5.69 Å². The maximum Gasteiger partial charge on any atom is 0.356 e. The number of carbonyl (C=O) groups excluding carboxylic acids is 1. The van der Waals surface area contributed by atoms with Crippen molar-refractivity contribution in [3.8, 4) is 0 Å². The van der Waals surface area contributed by atoms with E-state index in [0.29, 0.717) is 12.2 Å². The van der Waals surface area contributed by atoms with E-state index in [1.807, 2.05) is 24.3 Å². The molecule has 0 radical (unpaired) electrons. The number of aromatic carboxylic acids is 1. The minimum Gasteiger partial charge on any atom is -0.476 e. The number of hydrogen-bond acceptors (Lipinski definition) is 4. The van der Waals surface area contributed by atoms with Gasteiger partial charge in [0.2, 0.25) is 5.91 Å². The molecule has 26 heavy (non-hydrogen) atoms. The third-order valence-electron chi connectivity index (χ3n) is 3.76. The second-order valence-electron chi connectivity index (χ2n) is 5.70. The normalized spacial score (nSPS) is 11.9. The van der Waals surface area contributed by atoms with Crippen LogP contribution < -0.4 is 5.32 Å². The van der Waals surface area contributed by atoms with Gasteiger partial charge in [0.25, 0.3) is 0 Å². The van der Waals surface area contributed by atoms with Crippen molar-refractivity contribution in [1.82, 2.24) is 19.6 Å². The molecule has 1 atom stereocenters. The average molecular weight is 418 g/mol. The van der Waals surface area contributed by atoms with E-state index in [1.54, 1.807) is 24.0 Å². The van der Waals surface area contributed by atoms with Gasteiger partial charge >= 0.3 is 5.97 Å². The first-order chi connectivity index (χ1) is 12.4. The van der Waals surface area contributed by atoms with E-state index in [-0.39, 0.29) is 11.6 Å². The van der Waals surface area contributed by atoms with Crippen LogP contribution in [0.25, 0.3) is 0 Å². The number of amides is 1. The Morgan fingerprint density at radius 3 is 2.65 bits per heavy atom. The Labute approximate surface area is 157 Å². The van der Waals surface area contributed by atoms with Crippen LogP contribution in [0.1, 0.15) is 29.0 Å². The molecule has 0 fully saturated rings. The molecule has 1 unspecified atom stereocenters. The molecule has 0 aliphatic rings. The highest BCUT2D eigenvalue weighted by molar-refractivity contribution is 9.10. The van der Waals surface area contributed by atoms with Crippen molar-refractivity contribution in [2.75, 3.05) is 5.32 Å². The van der Waals surface area contributed by atoms with E-state index in [0.717, 1.165) is 10.0 Å². The smallest absolute Gasteiger partial charge is 0.356 e. The Kier molecular flexibility index (Phi) is 5.17. The van der Waals surface area contributed by atoms with Crippen LogP contribution in [0.3, 0.4) is 0 Å². The van der Waals surface area contributed by atoms with Gasteiger partial charge in [-0.05, 0) is 30.7 Å². The molecule has 0 saturated heterocycles. The number of anilines is 1. The van der Waals surface area contributed by atoms with Gasteiger partial charge in [0, 0.05) is 16.9 Å². The van der Waals surface area contributed by atoms with Crippen molar-refractivity contribution in [3.05, 3.63) is 64.7 Å². The van der Waals surface area contributed by atoms with Crippen molar-refractivity contribution < 1.29 is 14.7 Å².